The van der Waals surface area contributed by atoms with E-state index < -0.39 is 0 Å². The van der Waals surface area contributed by atoms with Crippen molar-refractivity contribution in [1.82, 2.24) is 0 Å². The van der Waals surface area contributed by atoms with Crippen LogP contribution in [0.3, 0.4) is 0 Å². The summed E-state index contributed by atoms with van der Waals surface area (Å²) in [5.74, 6) is 0. The van der Waals surface area contributed by atoms with Gasteiger partial charge in [0.1, 0.15) is 0 Å². The van der Waals surface area contributed by atoms with Crippen molar-refractivity contribution in [3.05, 3.63) is 43.6 Å². The van der Waals surface area contributed by atoms with Crippen LogP contribution >= 0.6 is 0 Å². The second kappa shape index (κ2) is 14.4. The van der Waals surface area contributed by atoms with E-state index in [1.54, 1.807) is 20.8 Å². The predicted octanol–water partition coefficient (Wildman–Crippen LogP) is 5.63. The second-order valence-electron chi connectivity index (χ2n) is 3.62. The van der Waals surface area contributed by atoms with Crippen molar-refractivity contribution in [3.63, 3.8) is 0 Å². The van der Waals surface area contributed by atoms with Crippen molar-refractivity contribution in [3.8, 4) is 0 Å². The van der Waals surface area contributed by atoms with Crippen LogP contribution in [0.25, 0.3) is 0 Å². The van der Waals surface area contributed by atoms with Crippen molar-refractivity contribution in [2.75, 3.05) is 0 Å². The van der Waals surface area contributed by atoms with Crippen molar-refractivity contribution < 1.29 is 25.8 Å². The zero-order chi connectivity index (χ0) is 13.9. The molecule has 0 aromatic carbocycles. The molecule has 0 N–H and O–H groups in total. The molecule has 17 heavy (non-hydrogen) atoms. The van der Waals surface area contributed by atoms with Gasteiger partial charge < -0.3 is 20.8 Å². The van der Waals surface area contributed by atoms with Gasteiger partial charge in [0.2, 0.25) is 0 Å². The molecule has 1 heteroatoms. The Morgan fingerprint density at radius 3 is 1.18 bits per heavy atom. The number of allylic oxidation sites excluding steroid dienone is 4. The zero-order valence-electron chi connectivity index (χ0n) is 13.1. The number of hydrogen-bond acceptors (Lipinski definition) is 0. The van der Waals surface area contributed by atoms with Crippen LogP contribution in [0.5, 0.6) is 0 Å². The predicted molar refractivity (Wildman–Crippen MR) is 77.7 cm³/mol. The fraction of sp³-hybridized carbons (Fsp3) is 0.562. The molecule has 0 heterocycles. The summed E-state index contributed by atoms with van der Waals surface area (Å²) < 4.78 is 0. The minimum absolute atomic E-state index is 0. The zero-order valence-corrected chi connectivity index (χ0v) is 16.7. The van der Waals surface area contributed by atoms with Gasteiger partial charge in [-0.1, -0.05) is 33.1 Å². The summed E-state index contributed by atoms with van der Waals surface area (Å²) in [7, 11) is 0. The molecule has 0 fully saturated rings. The quantitative estimate of drug-likeness (QED) is 0.365. The van der Waals surface area contributed by atoms with Gasteiger partial charge in [-0.25, -0.2) is 5.57 Å². The van der Waals surface area contributed by atoms with Gasteiger partial charge >= 0.3 is 25.8 Å². The Morgan fingerprint density at radius 2 is 1.12 bits per heavy atom. The molecule has 0 aliphatic heterocycles. The first-order valence-corrected chi connectivity index (χ1v) is 5.87. The van der Waals surface area contributed by atoms with Gasteiger partial charge in [-0.3, -0.25) is 6.08 Å². The van der Waals surface area contributed by atoms with E-state index in [1.807, 2.05) is 0 Å². The summed E-state index contributed by atoms with van der Waals surface area (Å²) in [5.41, 5.74) is 4.39. The van der Waals surface area contributed by atoms with Crippen LogP contribution in [0.2, 0.25) is 0 Å². The molecule has 0 unspecified atom stereocenters. The van der Waals surface area contributed by atoms with Crippen LogP contribution in [-0.4, -0.2) is 0 Å². The maximum Gasteiger partial charge on any atom is 4.00 e. The Labute approximate surface area is 130 Å². The molecule has 98 valence electrons. The minimum Gasteiger partial charge on any atom is -0.346 e. The molecule has 0 amide bonds. The van der Waals surface area contributed by atoms with E-state index in [1.165, 1.54) is 16.7 Å². The Kier molecular flexibility index (Phi) is 22.1. The fourth-order valence-electron chi connectivity index (χ4n) is 1.41. The molecule has 1 aliphatic carbocycles. The molecule has 0 nitrogen and oxygen atoms in total. The average molecular weight is 401 g/mol. The van der Waals surface area contributed by atoms with Gasteiger partial charge in [-0.05, 0) is 0 Å². The van der Waals surface area contributed by atoms with Crippen molar-refractivity contribution in [1.29, 1.82) is 0 Å². The molecule has 1 rings (SSSR count). The monoisotopic (exact) mass is 402 g/mol. The Morgan fingerprint density at radius 1 is 0.824 bits per heavy atom. The SMILES string of the molecule is CC1=[C-]C(C)(C)C(C)=C1C.[CH2-]C.[CH2-]C.[CH2-]C.[Hf+4]. The van der Waals surface area contributed by atoms with E-state index in [2.05, 4.69) is 61.5 Å². The van der Waals surface area contributed by atoms with Crippen molar-refractivity contribution in [2.24, 2.45) is 5.41 Å². The summed E-state index contributed by atoms with van der Waals surface area (Å²) in [5, 5.41) is 0. The molecular weight excluding hydrogens is 371 g/mol. The van der Waals surface area contributed by atoms with E-state index in [9.17, 15) is 0 Å². The molecule has 0 aromatic rings. The maximum atomic E-state index is 3.44. The molecule has 0 spiro atoms. The molecule has 1 aliphatic rings. The second-order valence-corrected chi connectivity index (χ2v) is 3.62. The van der Waals surface area contributed by atoms with Gasteiger partial charge in [0.15, 0.2) is 0 Å². The maximum absolute atomic E-state index is 3.44. The summed E-state index contributed by atoms with van der Waals surface area (Å²) in [6, 6.07) is 0. The third-order valence-corrected chi connectivity index (χ3v) is 2.56. The fourth-order valence-corrected chi connectivity index (χ4v) is 1.41. The first kappa shape index (κ1) is 26.0. The summed E-state index contributed by atoms with van der Waals surface area (Å²) in [4.78, 5) is 0. The van der Waals surface area contributed by atoms with E-state index >= 15 is 0 Å². The Hall–Kier alpha value is 0.350. The van der Waals surface area contributed by atoms with Gasteiger partial charge in [0.25, 0.3) is 0 Å². The third kappa shape index (κ3) is 8.99. The summed E-state index contributed by atoms with van der Waals surface area (Å²) in [6.07, 6.45) is 3.44. The Balaban J connectivity index is -0.000000106. The molecule has 0 atom stereocenters. The van der Waals surface area contributed by atoms with Crippen molar-refractivity contribution in [2.45, 2.75) is 55.4 Å². The van der Waals surface area contributed by atoms with E-state index in [4.69, 9.17) is 0 Å². The van der Waals surface area contributed by atoms with Gasteiger partial charge in [0.05, 0.1) is 0 Å². The Bertz CT molecular complexity index is 220. The van der Waals surface area contributed by atoms with E-state index in [0.717, 1.165) is 0 Å². The number of hydrogen-bond donors (Lipinski definition) is 0. The van der Waals surface area contributed by atoms with Crippen LogP contribution in [0.15, 0.2) is 16.7 Å². The standard InChI is InChI=1S/C10H15.3C2H5.Hf/c1-7-6-10(4,5)9(3)8(7)2;3*1-2;/h1-5H3;3*1H2,2H3;/q4*-1;+4. The van der Waals surface area contributed by atoms with E-state index in [0.29, 0.717) is 0 Å². The smallest absolute Gasteiger partial charge is 0.346 e. The van der Waals surface area contributed by atoms with Gasteiger partial charge in [-0.2, -0.15) is 31.9 Å². The van der Waals surface area contributed by atoms with Crippen LogP contribution in [0.4, 0.5) is 0 Å². The summed E-state index contributed by atoms with van der Waals surface area (Å²) >= 11 is 0. The molecule has 0 radical (unpaired) electrons. The normalized spacial score (nSPS) is 14.9. The van der Waals surface area contributed by atoms with Crippen LogP contribution in [0, 0.1) is 32.3 Å². The topological polar surface area (TPSA) is 0 Å². The third-order valence-electron chi connectivity index (χ3n) is 2.56. The molecule has 0 saturated carbocycles. The first-order chi connectivity index (χ1) is 7.45. The minimum atomic E-state index is 0. The van der Waals surface area contributed by atoms with Gasteiger partial charge in [-0.15, -0.1) is 6.92 Å². The largest absolute Gasteiger partial charge is 4.00 e. The average Bonchev–Trinajstić information content (AvgIpc) is 2.50. The first-order valence-electron chi connectivity index (χ1n) is 5.87. The van der Waals surface area contributed by atoms with E-state index in [-0.39, 0.29) is 31.3 Å². The molecule has 0 aromatic heterocycles. The van der Waals surface area contributed by atoms with Crippen LogP contribution < -0.4 is 0 Å². The van der Waals surface area contributed by atoms with Gasteiger partial charge in [0, 0.05) is 0 Å². The molecule has 0 bridgehead atoms. The van der Waals surface area contributed by atoms with Crippen LogP contribution in [0.1, 0.15) is 55.4 Å². The molecule has 0 saturated heterocycles. The van der Waals surface area contributed by atoms with Crippen LogP contribution in [-0.2, 0) is 25.8 Å². The number of rotatable bonds is 0. The summed E-state index contributed by atoms with van der Waals surface area (Å²) in [6.45, 7) is 25.9. The van der Waals surface area contributed by atoms with Crippen molar-refractivity contribution >= 4 is 0 Å². The molecular formula is C16H30Hf.